The Kier molecular flexibility index (Phi) is 9.77. The molecule has 188 valence electrons. The van der Waals surface area contributed by atoms with Crippen LogP contribution in [0, 0.1) is 0 Å². The van der Waals surface area contributed by atoms with Gasteiger partial charge in [0.15, 0.2) is 11.5 Å². The zero-order valence-electron chi connectivity index (χ0n) is 19.8. The Bertz CT molecular complexity index is 1060. The van der Waals surface area contributed by atoms with Gasteiger partial charge in [-0.1, -0.05) is 6.07 Å². The molecular formula is C23H31F2N3O5S. The topological polar surface area (TPSA) is 97.0 Å². The summed E-state index contributed by atoms with van der Waals surface area (Å²) in [6, 6.07) is 9.76. The molecule has 1 unspecified atom stereocenters. The van der Waals surface area contributed by atoms with Gasteiger partial charge in [0.1, 0.15) is 0 Å². The van der Waals surface area contributed by atoms with Crippen LogP contribution in [-0.2, 0) is 21.4 Å². The SMILES string of the molecule is CCOc1cc(CN(C)C(C)C(=O)Nc2ccc(S(=O)(=O)NC(C)C)cc2)ccc1OC(F)F. The Balaban J connectivity index is 2.03. The average Bonchev–Trinajstić information content (AvgIpc) is 2.74. The van der Waals surface area contributed by atoms with Crippen LogP contribution < -0.4 is 19.5 Å². The first kappa shape index (κ1) is 27.5. The maximum absolute atomic E-state index is 12.7. The number of anilines is 1. The molecule has 0 radical (unpaired) electrons. The maximum Gasteiger partial charge on any atom is 0.387 e. The van der Waals surface area contributed by atoms with Crippen LogP contribution in [0.2, 0.25) is 0 Å². The molecule has 0 spiro atoms. The number of alkyl halides is 2. The van der Waals surface area contributed by atoms with Crippen LogP contribution in [0.1, 0.15) is 33.3 Å². The average molecular weight is 500 g/mol. The van der Waals surface area contributed by atoms with Crippen LogP contribution in [0.15, 0.2) is 47.4 Å². The first-order valence-corrected chi connectivity index (χ1v) is 12.2. The van der Waals surface area contributed by atoms with Gasteiger partial charge in [-0.25, -0.2) is 13.1 Å². The number of amides is 1. The molecule has 34 heavy (non-hydrogen) atoms. The Labute approximate surface area is 199 Å². The number of carbonyl (C=O) groups excluding carboxylic acids is 1. The molecule has 0 aliphatic rings. The second kappa shape index (κ2) is 12.1. The molecule has 1 amide bonds. The van der Waals surface area contributed by atoms with Gasteiger partial charge in [-0.05, 0) is 76.7 Å². The summed E-state index contributed by atoms with van der Waals surface area (Å²) in [6.45, 7) is 4.59. The predicted molar refractivity (Wildman–Crippen MR) is 126 cm³/mol. The summed E-state index contributed by atoms with van der Waals surface area (Å²) < 4.78 is 62.0. The quantitative estimate of drug-likeness (QED) is 0.461. The summed E-state index contributed by atoms with van der Waals surface area (Å²) in [4.78, 5) is 14.6. The zero-order valence-corrected chi connectivity index (χ0v) is 20.7. The van der Waals surface area contributed by atoms with Gasteiger partial charge in [0.05, 0.1) is 17.5 Å². The van der Waals surface area contributed by atoms with Crippen molar-refractivity contribution in [3.8, 4) is 11.5 Å². The Morgan fingerprint density at radius 3 is 2.26 bits per heavy atom. The van der Waals surface area contributed by atoms with Crippen LogP contribution in [0.3, 0.4) is 0 Å². The molecule has 2 N–H and O–H groups in total. The molecule has 0 saturated heterocycles. The third-order valence-corrected chi connectivity index (χ3v) is 6.49. The molecule has 0 aliphatic heterocycles. The highest BCUT2D eigenvalue weighted by molar-refractivity contribution is 7.89. The Morgan fingerprint density at radius 2 is 1.71 bits per heavy atom. The van der Waals surface area contributed by atoms with E-state index in [1.807, 2.05) is 0 Å². The molecule has 1 atom stereocenters. The molecule has 0 heterocycles. The number of ether oxygens (including phenoxy) is 2. The number of carbonyl (C=O) groups is 1. The van der Waals surface area contributed by atoms with Crippen molar-refractivity contribution in [1.29, 1.82) is 0 Å². The highest BCUT2D eigenvalue weighted by Gasteiger charge is 2.20. The van der Waals surface area contributed by atoms with Gasteiger partial charge >= 0.3 is 6.61 Å². The molecule has 8 nitrogen and oxygen atoms in total. The van der Waals surface area contributed by atoms with Gasteiger partial charge in [-0.15, -0.1) is 0 Å². The van der Waals surface area contributed by atoms with Gasteiger partial charge in [-0.3, -0.25) is 9.69 Å². The van der Waals surface area contributed by atoms with E-state index in [1.165, 1.54) is 30.3 Å². The summed E-state index contributed by atoms with van der Waals surface area (Å²) in [5, 5.41) is 2.77. The van der Waals surface area contributed by atoms with E-state index in [1.54, 1.807) is 51.8 Å². The molecule has 2 rings (SSSR count). The van der Waals surface area contributed by atoms with E-state index in [0.29, 0.717) is 12.2 Å². The lowest BCUT2D eigenvalue weighted by Crippen LogP contribution is -2.39. The lowest BCUT2D eigenvalue weighted by molar-refractivity contribution is -0.120. The minimum Gasteiger partial charge on any atom is -0.490 e. The van der Waals surface area contributed by atoms with Crippen molar-refractivity contribution in [2.24, 2.45) is 0 Å². The third kappa shape index (κ3) is 7.93. The van der Waals surface area contributed by atoms with Crippen LogP contribution in [0.4, 0.5) is 14.5 Å². The highest BCUT2D eigenvalue weighted by atomic mass is 32.2. The number of nitrogens with one attached hydrogen (secondary N) is 2. The monoisotopic (exact) mass is 499 g/mol. The summed E-state index contributed by atoms with van der Waals surface area (Å²) in [7, 11) is -1.87. The first-order valence-electron chi connectivity index (χ1n) is 10.8. The fourth-order valence-electron chi connectivity index (χ4n) is 3.08. The summed E-state index contributed by atoms with van der Waals surface area (Å²) in [5.41, 5.74) is 1.21. The van der Waals surface area contributed by atoms with Crippen LogP contribution >= 0.6 is 0 Å². The van der Waals surface area contributed by atoms with Crippen LogP contribution in [-0.4, -0.2) is 51.6 Å². The maximum atomic E-state index is 12.7. The predicted octanol–water partition coefficient (Wildman–Crippen LogP) is 3.83. The summed E-state index contributed by atoms with van der Waals surface area (Å²) in [5.74, 6) is -0.142. The minimum absolute atomic E-state index is 0.0527. The number of likely N-dealkylation sites (N-methyl/N-ethyl adjacent to an activating group) is 1. The lowest BCUT2D eigenvalue weighted by Gasteiger charge is -2.24. The van der Waals surface area contributed by atoms with Crippen LogP contribution in [0.25, 0.3) is 0 Å². The van der Waals surface area contributed by atoms with Crippen molar-refractivity contribution >= 4 is 21.6 Å². The fraction of sp³-hybridized carbons (Fsp3) is 0.435. The minimum atomic E-state index is -3.62. The van der Waals surface area contributed by atoms with Crippen molar-refractivity contribution in [3.63, 3.8) is 0 Å². The van der Waals surface area contributed by atoms with Gasteiger partial charge in [-0.2, -0.15) is 8.78 Å². The number of sulfonamides is 1. The van der Waals surface area contributed by atoms with Gasteiger partial charge in [0, 0.05) is 18.3 Å². The van der Waals surface area contributed by atoms with Crippen molar-refractivity contribution in [2.45, 2.75) is 57.8 Å². The molecule has 0 aromatic heterocycles. The third-order valence-electron chi connectivity index (χ3n) is 4.82. The molecule has 2 aromatic carbocycles. The lowest BCUT2D eigenvalue weighted by atomic mass is 10.1. The molecular weight excluding hydrogens is 468 g/mol. The number of halogens is 2. The van der Waals surface area contributed by atoms with E-state index >= 15 is 0 Å². The second-order valence-corrected chi connectivity index (χ2v) is 9.69. The van der Waals surface area contributed by atoms with E-state index in [4.69, 9.17) is 4.74 Å². The second-order valence-electron chi connectivity index (χ2n) is 7.97. The van der Waals surface area contributed by atoms with Crippen molar-refractivity contribution < 1.29 is 31.5 Å². The molecule has 11 heteroatoms. The van der Waals surface area contributed by atoms with Crippen molar-refractivity contribution in [2.75, 3.05) is 19.0 Å². The molecule has 2 aromatic rings. The van der Waals surface area contributed by atoms with E-state index in [0.717, 1.165) is 5.56 Å². The Hall–Kier alpha value is -2.76. The largest absolute Gasteiger partial charge is 0.490 e. The molecule has 0 aliphatic carbocycles. The van der Waals surface area contributed by atoms with E-state index in [9.17, 15) is 22.0 Å². The van der Waals surface area contributed by atoms with Crippen molar-refractivity contribution in [1.82, 2.24) is 9.62 Å². The first-order chi connectivity index (χ1) is 15.9. The normalized spacial score (nSPS) is 12.8. The van der Waals surface area contributed by atoms with Gasteiger partial charge in [0.25, 0.3) is 0 Å². The summed E-state index contributed by atoms with van der Waals surface area (Å²) >= 11 is 0. The molecule has 0 fully saturated rings. The number of hydrogen-bond donors (Lipinski definition) is 2. The van der Waals surface area contributed by atoms with Crippen molar-refractivity contribution in [3.05, 3.63) is 48.0 Å². The molecule has 0 bridgehead atoms. The number of benzene rings is 2. The summed E-state index contributed by atoms with van der Waals surface area (Å²) in [6.07, 6.45) is 0. The number of rotatable bonds is 12. The number of nitrogens with zero attached hydrogens (tertiary/aromatic N) is 1. The van der Waals surface area contributed by atoms with Gasteiger partial charge < -0.3 is 14.8 Å². The molecule has 0 saturated carbocycles. The van der Waals surface area contributed by atoms with E-state index in [2.05, 4.69) is 14.8 Å². The van der Waals surface area contributed by atoms with Gasteiger partial charge in [0.2, 0.25) is 15.9 Å². The van der Waals surface area contributed by atoms with E-state index < -0.39 is 22.7 Å². The highest BCUT2D eigenvalue weighted by Crippen LogP contribution is 2.30. The standard InChI is InChI=1S/C23H31F2N3O5S/c1-6-32-21-13-17(7-12-20(21)33-23(24)25)14-28(5)16(4)22(29)26-18-8-10-19(11-9-18)34(30,31)27-15(2)3/h7-13,15-16,23,27H,6,14H2,1-5H3,(H,26,29). The van der Waals surface area contributed by atoms with E-state index in [-0.39, 0.29) is 35.0 Å². The van der Waals surface area contributed by atoms with Crippen LogP contribution in [0.5, 0.6) is 11.5 Å². The Morgan fingerprint density at radius 1 is 1.06 bits per heavy atom. The smallest absolute Gasteiger partial charge is 0.387 e. The number of hydrogen-bond acceptors (Lipinski definition) is 6. The fourth-order valence-corrected chi connectivity index (χ4v) is 4.33. The zero-order chi connectivity index (χ0) is 25.5.